The third kappa shape index (κ3) is 2.57. The summed E-state index contributed by atoms with van der Waals surface area (Å²) >= 11 is 0. The van der Waals surface area contributed by atoms with Crippen molar-refractivity contribution in [2.75, 3.05) is 0 Å². The first-order valence-corrected chi connectivity index (χ1v) is 5.88. The first-order chi connectivity index (χ1) is 8.08. The van der Waals surface area contributed by atoms with E-state index in [4.69, 9.17) is 0 Å². The van der Waals surface area contributed by atoms with E-state index in [9.17, 15) is 14.3 Å². The van der Waals surface area contributed by atoms with Crippen molar-refractivity contribution in [2.45, 2.75) is 38.6 Å². The summed E-state index contributed by atoms with van der Waals surface area (Å²) in [4.78, 5) is 11.9. The summed E-state index contributed by atoms with van der Waals surface area (Å²) in [6.07, 6.45) is 4.15. The van der Waals surface area contributed by atoms with Crippen LogP contribution in [0.25, 0.3) is 0 Å². The van der Waals surface area contributed by atoms with Crippen molar-refractivity contribution >= 4 is 5.91 Å². The number of amides is 1. The SMILES string of the molecule is Cc1cc(O)cc(F)c1C(=O)NC1CCCC1. The number of halogens is 1. The number of phenols is 1. The fourth-order valence-corrected chi connectivity index (χ4v) is 2.34. The van der Waals surface area contributed by atoms with Crippen molar-refractivity contribution < 1.29 is 14.3 Å². The molecule has 3 nitrogen and oxygen atoms in total. The molecule has 0 heterocycles. The van der Waals surface area contributed by atoms with Crippen molar-refractivity contribution in [3.8, 4) is 5.75 Å². The number of rotatable bonds is 2. The molecule has 17 heavy (non-hydrogen) atoms. The van der Waals surface area contributed by atoms with E-state index in [2.05, 4.69) is 5.32 Å². The molecule has 2 rings (SSSR count). The molecule has 1 saturated carbocycles. The summed E-state index contributed by atoms with van der Waals surface area (Å²) in [5, 5.41) is 12.0. The second kappa shape index (κ2) is 4.73. The molecule has 92 valence electrons. The normalized spacial score (nSPS) is 16.1. The average molecular weight is 237 g/mol. The van der Waals surface area contributed by atoms with Crippen LogP contribution in [0.2, 0.25) is 0 Å². The Morgan fingerprint density at radius 1 is 1.41 bits per heavy atom. The molecule has 0 radical (unpaired) electrons. The number of aryl methyl sites for hydroxylation is 1. The lowest BCUT2D eigenvalue weighted by molar-refractivity contribution is 0.0933. The van der Waals surface area contributed by atoms with Crippen molar-refractivity contribution in [3.63, 3.8) is 0 Å². The van der Waals surface area contributed by atoms with Gasteiger partial charge in [-0.05, 0) is 31.4 Å². The Hall–Kier alpha value is -1.58. The highest BCUT2D eigenvalue weighted by Gasteiger charge is 2.21. The number of phenolic OH excluding ortho intramolecular Hbond substituents is 1. The lowest BCUT2D eigenvalue weighted by Crippen LogP contribution is -2.33. The van der Waals surface area contributed by atoms with Crippen molar-refractivity contribution in [2.24, 2.45) is 0 Å². The Morgan fingerprint density at radius 3 is 2.65 bits per heavy atom. The predicted octanol–water partition coefficient (Wildman–Crippen LogP) is 2.51. The van der Waals surface area contributed by atoms with Crippen molar-refractivity contribution in [1.29, 1.82) is 0 Å². The number of hydrogen-bond donors (Lipinski definition) is 2. The van der Waals surface area contributed by atoms with Gasteiger partial charge in [-0.15, -0.1) is 0 Å². The van der Waals surface area contributed by atoms with Gasteiger partial charge < -0.3 is 10.4 Å². The Bertz CT molecular complexity index is 416. The van der Waals surface area contributed by atoms with Crippen LogP contribution in [0.1, 0.15) is 41.6 Å². The molecule has 0 saturated heterocycles. The van der Waals surface area contributed by atoms with Crippen LogP contribution in [-0.4, -0.2) is 17.1 Å². The minimum Gasteiger partial charge on any atom is -0.508 e. The molecule has 0 bridgehead atoms. The molecule has 1 fully saturated rings. The van der Waals surface area contributed by atoms with Gasteiger partial charge in [0.25, 0.3) is 5.91 Å². The lowest BCUT2D eigenvalue weighted by Gasteiger charge is -2.14. The molecule has 4 heteroatoms. The zero-order valence-corrected chi connectivity index (χ0v) is 9.79. The molecule has 1 amide bonds. The monoisotopic (exact) mass is 237 g/mol. The number of carbonyl (C=O) groups excluding carboxylic acids is 1. The number of nitrogens with one attached hydrogen (secondary N) is 1. The van der Waals surface area contributed by atoms with E-state index in [-0.39, 0.29) is 23.3 Å². The quantitative estimate of drug-likeness (QED) is 0.830. The third-order valence-corrected chi connectivity index (χ3v) is 3.19. The molecule has 0 aromatic heterocycles. The Labute approximate surface area is 99.7 Å². The van der Waals surface area contributed by atoms with Gasteiger partial charge in [-0.3, -0.25) is 4.79 Å². The highest BCUT2D eigenvalue weighted by Crippen LogP contribution is 2.22. The molecular formula is C13H16FNO2. The number of aromatic hydroxyl groups is 1. The van der Waals surface area contributed by atoms with Gasteiger partial charge in [-0.2, -0.15) is 0 Å². The summed E-state index contributed by atoms with van der Waals surface area (Å²) in [6, 6.07) is 2.53. The molecule has 2 N–H and O–H groups in total. The van der Waals surface area contributed by atoms with Crippen LogP contribution in [0.4, 0.5) is 4.39 Å². The third-order valence-electron chi connectivity index (χ3n) is 3.19. The molecular weight excluding hydrogens is 221 g/mol. The van der Waals surface area contributed by atoms with Crippen molar-refractivity contribution in [1.82, 2.24) is 5.32 Å². The number of benzene rings is 1. The number of hydrogen-bond acceptors (Lipinski definition) is 2. The van der Waals surface area contributed by atoms with Crippen molar-refractivity contribution in [3.05, 3.63) is 29.1 Å². The smallest absolute Gasteiger partial charge is 0.254 e. The first kappa shape index (κ1) is 11.9. The second-order valence-electron chi connectivity index (χ2n) is 4.57. The van der Waals surface area contributed by atoms with Gasteiger partial charge in [0.1, 0.15) is 11.6 Å². The van der Waals surface area contributed by atoms with E-state index >= 15 is 0 Å². The molecule has 1 aromatic carbocycles. The summed E-state index contributed by atoms with van der Waals surface area (Å²) in [7, 11) is 0. The highest BCUT2D eigenvalue weighted by molar-refractivity contribution is 5.96. The fourth-order valence-electron chi connectivity index (χ4n) is 2.34. The fraction of sp³-hybridized carbons (Fsp3) is 0.462. The van der Waals surface area contributed by atoms with E-state index in [1.807, 2.05) is 0 Å². The lowest BCUT2D eigenvalue weighted by atomic mass is 10.1. The second-order valence-corrected chi connectivity index (χ2v) is 4.57. The van der Waals surface area contributed by atoms with Gasteiger partial charge in [-0.1, -0.05) is 12.8 Å². The standard InChI is InChI=1S/C13H16FNO2/c1-8-6-10(16)7-11(14)12(8)13(17)15-9-4-2-3-5-9/h6-7,9,16H,2-5H2,1H3,(H,15,17). The van der Waals surface area contributed by atoms with E-state index in [0.717, 1.165) is 31.7 Å². The largest absolute Gasteiger partial charge is 0.508 e. The van der Waals surface area contributed by atoms with Gasteiger partial charge in [0.2, 0.25) is 0 Å². The van der Waals surface area contributed by atoms with Gasteiger partial charge in [0.05, 0.1) is 5.56 Å². The molecule has 0 spiro atoms. The van der Waals surface area contributed by atoms with Crippen LogP contribution < -0.4 is 5.32 Å². The van der Waals surface area contributed by atoms with Gasteiger partial charge in [0.15, 0.2) is 0 Å². The maximum atomic E-state index is 13.6. The van der Waals surface area contributed by atoms with E-state index in [1.54, 1.807) is 6.92 Å². The molecule has 0 atom stereocenters. The van der Waals surface area contributed by atoms with E-state index in [0.29, 0.717) is 5.56 Å². The predicted molar refractivity (Wildman–Crippen MR) is 62.5 cm³/mol. The van der Waals surface area contributed by atoms with Crippen LogP contribution >= 0.6 is 0 Å². The summed E-state index contributed by atoms with van der Waals surface area (Å²) < 4.78 is 13.6. The Morgan fingerprint density at radius 2 is 2.06 bits per heavy atom. The highest BCUT2D eigenvalue weighted by atomic mass is 19.1. The zero-order chi connectivity index (χ0) is 12.4. The summed E-state index contributed by atoms with van der Waals surface area (Å²) in [5.74, 6) is -1.21. The molecule has 1 aromatic rings. The molecule has 0 aliphatic heterocycles. The average Bonchev–Trinajstić information content (AvgIpc) is 2.68. The summed E-state index contributed by atoms with van der Waals surface area (Å²) in [5.41, 5.74) is 0.493. The zero-order valence-electron chi connectivity index (χ0n) is 9.79. The van der Waals surface area contributed by atoms with Crippen LogP contribution in [0.3, 0.4) is 0 Å². The van der Waals surface area contributed by atoms with Gasteiger partial charge in [0, 0.05) is 12.1 Å². The van der Waals surface area contributed by atoms with Crippen LogP contribution in [-0.2, 0) is 0 Å². The maximum absolute atomic E-state index is 13.6. The van der Waals surface area contributed by atoms with E-state index in [1.165, 1.54) is 6.07 Å². The van der Waals surface area contributed by atoms with Crippen LogP contribution in [0.15, 0.2) is 12.1 Å². The van der Waals surface area contributed by atoms with Gasteiger partial charge in [-0.25, -0.2) is 4.39 Å². The van der Waals surface area contributed by atoms with Gasteiger partial charge >= 0.3 is 0 Å². The summed E-state index contributed by atoms with van der Waals surface area (Å²) in [6.45, 7) is 1.62. The molecule has 1 aliphatic carbocycles. The van der Waals surface area contributed by atoms with E-state index < -0.39 is 5.82 Å². The maximum Gasteiger partial charge on any atom is 0.254 e. The molecule has 1 aliphatic rings. The van der Waals surface area contributed by atoms with Crippen LogP contribution in [0, 0.1) is 12.7 Å². The topological polar surface area (TPSA) is 49.3 Å². The minimum absolute atomic E-state index is 0.0368. The molecule has 0 unspecified atom stereocenters. The number of carbonyl (C=O) groups is 1. The minimum atomic E-state index is -0.669. The first-order valence-electron chi connectivity index (χ1n) is 5.88. The Balaban J connectivity index is 2.18. The van der Waals surface area contributed by atoms with Crippen LogP contribution in [0.5, 0.6) is 5.75 Å². The Kier molecular flexibility index (Phi) is 3.31.